The largest absolute Gasteiger partial charge is 0.456 e. The van der Waals surface area contributed by atoms with Gasteiger partial charge in [0.25, 0.3) is 0 Å². The molecule has 0 amide bonds. The van der Waals surface area contributed by atoms with Gasteiger partial charge < -0.3 is 14.2 Å². The van der Waals surface area contributed by atoms with Gasteiger partial charge in [0, 0.05) is 44.6 Å². The van der Waals surface area contributed by atoms with E-state index in [0.717, 1.165) is 72.8 Å². The highest BCUT2D eigenvalue weighted by atomic mass is 16.3. The summed E-state index contributed by atoms with van der Waals surface area (Å²) in [6.07, 6.45) is 0. The zero-order valence-corrected chi connectivity index (χ0v) is 43.2. The summed E-state index contributed by atoms with van der Waals surface area (Å²) in [5, 5.41) is 12.3. The fourth-order valence-electron chi connectivity index (χ4n) is 12.0. The standard InChI is InChI=1S/C76H50N2O/c1-3-15-58(16-4-1)78(59-17-5-2-6-18-59)74-47-46-63(64-19-11-12-24-70(64)74)55-35-43-62(44-36-55)77(61-41-33-54(34-42-61)56-37-45-69-67-22-8-7-20-65(67)66-21-9-10-23-68(66)72(69)49-56)60-39-31-52(32-40-60)51-27-29-53(30-28-51)57-38-48-76-73(50-57)71-25-13-14-26-75(71)79-76/h1-50H. The van der Waals surface area contributed by atoms with Crippen LogP contribution in [-0.2, 0) is 0 Å². The molecule has 3 nitrogen and oxygen atoms in total. The highest BCUT2D eigenvalue weighted by molar-refractivity contribution is 6.25. The van der Waals surface area contributed by atoms with Gasteiger partial charge in [0.1, 0.15) is 11.2 Å². The summed E-state index contributed by atoms with van der Waals surface area (Å²) in [4.78, 5) is 4.72. The number of nitrogens with zero attached hydrogens (tertiary/aromatic N) is 2. The molecule has 0 aliphatic heterocycles. The third kappa shape index (κ3) is 8.16. The number of para-hydroxylation sites is 3. The number of rotatable bonds is 10. The zero-order chi connectivity index (χ0) is 52.2. The van der Waals surface area contributed by atoms with E-state index in [2.05, 4.69) is 301 Å². The molecule has 0 unspecified atom stereocenters. The molecule has 0 saturated heterocycles. The van der Waals surface area contributed by atoms with Crippen LogP contribution in [0.2, 0.25) is 0 Å². The minimum atomic E-state index is 0.907. The Hall–Kier alpha value is -10.5. The first kappa shape index (κ1) is 45.9. The fourth-order valence-corrected chi connectivity index (χ4v) is 12.0. The Morgan fingerprint density at radius 3 is 1.09 bits per heavy atom. The molecule has 0 spiro atoms. The molecule has 0 atom stereocenters. The van der Waals surface area contributed by atoms with Gasteiger partial charge in [-0.15, -0.1) is 0 Å². The first-order chi connectivity index (χ1) is 39.2. The quantitative estimate of drug-likeness (QED) is 0.127. The molecule has 3 heteroatoms. The molecule has 1 aromatic heterocycles. The summed E-state index contributed by atoms with van der Waals surface area (Å²) in [6.45, 7) is 0. The normalized spacial score (nSPS) is 11.5. The molecular weight excluding hydrogens is 957 g/mol. The Labute approximate surface area is 458 Å². The molecule has 370 valence electrons. The highest BCUT2D eigenvalue weighted by Gasteiger charge is 2.19. The second kappa shape index (κ2) is 19.3. The smallest absolute Gasteiger partial charge is 0.135 e. The second-order valence-corrected chi connectivity index (χ2v) is 20.4. The third-order valence-corrected chi connectivity index (χ3v) is 15.9. The maximum absolute atomic E-state index is 6.13. The predicted molar refractivity (Wildman–Crippen MR) is 335 cm³/mol. The second-order valence-electron chi connectivity index (χ2n) is 20.4. The number of anilines is 6. The summed E-state index contributed by atoms with van der Waals surface area (Å²) in [7, 11) is 0. The SMILES string of the molecule is c1ccc(N(c2ccccc2)c2ccc(-c3ccc(N(c4ccc(-c5ccc(-c6ccc7oc8ccccc8c7c6)cc5)cc4)c4ccc(-c5ccc6c7ccccc7c7ccccc7c6c5)cc4)cc3)c3ccccc23)cc1. The van der Waals surface area contributed by atoms with Crippen LogP contribution in [-0.4, -0.2) is 0 Å². The van der Waals surface area contributed by atoms with Crippen molar-refractivity contribution in [3.63, 3.8) is 0 Å². The molecular formula is C76H50N2O. The molecule has 0 aliphatic rings. The minimum absolute atomic E-state index is 0.907. The maximum atomic E-state index is 6.13. The average Bonchev–Trinajstić information content (AvgIpc) is 4.07. The average molecular weight is 1010 g/mol. The van der Waals surface area contributed by atoms with Gasteiger partial charge in [-0.25, -0.2) is 0 Å². The van der Waals surface area contributed by atoms with Crippen molar-refractivity contribution in [2.24, 2.45) is 0 Å². The lowest BCUT2D eigenvalue weighted by Crippen LogP contribution is -2.10. The predicted octanol–water partition coefficient (Wildman–Crippen LogP) is 21.8. The van der Waals surface area contributed by atoms with E-state index in [1.807, 2.05) is 12.1 Å². The summed E-state index contributed by atoms with van der Waals surface area (Å²) < 4.78 is 6.13. The molecule has 15 aromatic rings. The van der Waals surface area contributed by atoms with Crippen LogP contribution in [0.5, 0.6) is 0 Å². The van der Waals surface area contributed by atoms with Gasteiger partial charge in [-0.3, -0.25) is 0 Å². The highest BCUT2D eigenvalue weighted by Crippen LogP contribution is 2.44. The van der Waals surface area contributed by atoms with Gasteiger partial charge in [0.2, 0.25) is 0 Å². The maximum Gasteiger partial charge on any atom is 0.135 e. The molecule has 14 aromatic carbocycles. The van der Waals surface area contributed by atoms with E-state index in [4.69, 9.17) is 4.42 Å². The van der Waals surface area contributed by atoms with Crippen LogP contribution in [0.25, 0.3) is 110 Å². The van der Waals surface area contributed by atoms with E-state index in [9.17, 15) is 0 Å². The van der Waals surface area contributed by atoms with Crippen molar-refractivity contribution in [1.29, 1.82) is 0 Å². The van der Waals surface area contributed by atoms with Crippen LogP contribution in [0.1, 0.15) is 0 Å². The van der Waals surface area contributed by atoms with Crippen LogP contribution < -0.4 is 9.80 Å². The first-order valence-corrected chi connectivity index (χ1v) is 27.1. The number of furan rings is 1. The number of hydrogen-bond donors (Lipinski definition) is 0. The van der Waals surface area contributed by atoms with Crippen LogP contribution in [0.4, 0.5) is 34.1 Å². The molecule has 0 radical (unpaired) electrons. The molecule has 0 aliphatic carbocycles. The Balaban J connectivity index is 0.789. The Morgan fingerprint density at radius 2 is 0.544 bits per heavy atom. The number of hydrogen-bond acceptors (Lipinski definition) is 3. The van der Waals surface area contributed by atoms with Crippen LogP contribution >= 0.6 is 0 Å². The molecule has 0 N–H and O–H groups in total. The monoisotopic (exact) mass is 1010 g/mol. The summed E-state index contributed by atoms with van der Waals surface area (Å²) in [6, 6.07) is 110. The Morgan fingerprint density at radius 1 is 0.190 bits per heavy atom. The van der Waals surface area contributed by atoms with Gasteiger partial charge in [-0.1, -0.05) is 212 Å². The van der Waals surface area contributed by atoms with Gasteiger partial charge in [0.15, 0.2) is 0 Å². The van der Waals surface area contributed by atoms with Crippen molar-refractivity contribution in [3.8, 4) is 44.5 Å². The lowest BCUT2D eigenvalue weighted by molar-refractivity contribution is 0.669. The molecule has 15 rings (SSSR count). The molecule has 0 saturated carbocycles. The van der Waals surface area contributed by atoms with E-state index < -0.39 is 0 Å². The summed E-state index contributed by atoms with van der Waals surface area (Å²) in [5.74, 6) is 0. The van der Waals surface area contributed by atoms with E-state index in [1.165, 1.54) is 70.9 Å². The minimum Gasteiger partial charge on any atom is -0.456 e. The van der Waals surface area contributed by atoms with Crippen LogP contribution in [0, 0.1) is 0 Å². The van der Waals surface area contributed by atoms with Crippen molar-refractivity contribution in [3.05, 3.63) is 303 Å². The topological polar surface area (TPSA) is 19.6 Å². The van der Waals surface area contributed by atoms with E-state index >= 15 is 0 Å². The van der Waals surface area contributed by atoms with Gasteiger partial charge >= 0.3 is 0 Å². The van der Waals surface area contributed by atoms with Crippen LogP contribution in [0.15, 0.2) is 308 Å². The van der Waals surface area contributed by atoms with Gasteiger partial charge in [-0.2, -0.15) is 0 Å². The lowest BCUT2D eigenvalue weighted by Gasteiger charge is -2.27. The van der Waals surface area contributed by atoms with Crippen molar-refractivity contribution < 1.29 is 4.42 Å². The summed E-state index contributed by atoms with van der Waals surface area (Å²) in [5.41, 5.74) is 17.7. The van der Waals surface area contributed by atoms with Gasteiger partial charge in [-0.05, 0) is 173 Å². The molecule has 0 bridgehead atoms. The van der Waals surface area contributed by atoms with Crippen LogP contribution in [0.3, 0.4) is 0 Å². The van der Waals surface area contributed by atoms with Gasteiger partial charge in [0.05, 0.1) is 5.69 Å². The number of fused-ring (bicyclic) bond motifs is 10. The third-order valence-electron chi connectivity index (χ3n) is 15.9. The number of benzene rings is 14. The first-order valence-electron chi connectivity index (χ1n) is 27.1. The molecule has 1 heterocycles. The zero-order valence-electron chi connectivity index (χ0n) is 43.2. The van der Waals surface area contributed by atoms with Crippen molar-refractivity contribution in [2.75, 3.05) is 9.80 Å². The van der Waals surface area contributed by atoms with Crippen molar-refractivity contribution >= 4 is 99.2 Å². The Kier molecular flexibility index (Phi) is 11.2. The fraction of sp³-hybridized carbons (Fsp3) is 0. The molecule has 0 fully saturated rings. The van der Waals surface area contributed by atoms with E-state index in [1.54, 1.807) is 0 Å². The summed E-state index contributed by atoms with van der Waals surface area (Å²) >= 11 is 0. The molecule has 79 heavy (non-hydrogen) atoms. The lowest BCUT2D eigenvalue weighted by atomic mass is 9.92. The van der Waals surface area contributed by atoms with Crippen molar-refractivity contribution in [2.45, 2.75) is 0 Å². The van der Waals surface area contributed by atoms with Crippen molar-refractivity contribution in [1.82, 2.24) is 0 Å². The van der Waals surface area contributed by atoms with E-state index in [0.29, 0.717) is 0 Å². The Bertz CT molecular complexity index is 4660. The van der Waals surface area contributed by atoms with E-state index in [-0.39, 0.29) is 0 Å².